The van der Waals surface area contributed by atoms with Gasteiger partial charge in [-0.2, -0.15) is 0 Å². The van der Waals surface area contributed by atoms with Gasteiger partial charge in [-0.25, -0.2) is 9.78 Å². The fourth-order valence-electron chi connectivity index (χ4n) is 1.88. The Morgan fingerprint density at radius 3 is 1.44 bits per heavy atom. The summed E-state index contributed by atoms with van der Waals surface area (Å²) < 4.78 is 0. The van der Waals surface area contributed by atoms with Crippen molar-refractivity contribution < 1.29 is 24.4 Å². The van der Waals surface area contributed by atoms with Crippen LogP contribution in [0.25, 0.3) is 0 Å². The summed E-state index contributed by atoms with van der Waals surface area (Å²) in [4.78, 5) is 30.6. The van der Waals surface area contributed by atoms with E-state index >= 15 is 0 Å². The summed E-state index contributed by atoms with van der Waals surface area (Å²) in [5.41, 5.74) is 4.18. The Balaban J connectivity index is 3.79. The predicted molar refractivity (Wildman–Crippen MR) is 98.6 cm³/mol. The van der Waals surface area contributed by atoms with Crippen LogP contribution in [0.4, 0.5) is 0 Å². The van der Waals surface area contributed by atoms with Gasteiger partial charge in [0.1, 0.15) is 25.8 Å². The standard InChI is InChI=1S/C20H30O5/c1-17(11-13-21)7-5-9-19(3)15-23-25-24-16-20(4)10-6-8-18(2)12-14-22/h9-14H,5-8,15-16H2,1-4H3/b17-11-,18-12-,19-9?,20-10?. The van der Waals surface area contributed by atoms with E-state index in [1.165, 1.54) is 0 Å². The van der Waals surface area contributed by atoms with Crippen LogP contribution in [-0.4, -0.2) is 25.8 Å². The Hall–Kier alpha value is -1.82. The Morgan fingerprint density at radius 1 is 0.680 bits per heavy atom. The van der Waals surface area contributed by atoms with Gasteiger partial charge in [-0.3, -0.25) is 9.59 Å². The second-order valence-corrected chi connectivity index (χ2v) is 6.07. The molecular formula is C20H30O5. The highest BCUT2D eigenvalue weighted by molar-refractivity contribution is 5.66. The normalized spacial score (nSPS) is 13.9. The maximum Gasteiger partial charge on any atom is 0.142 e. The van der Waals surface area contributed by atoms with E-state index in [4.69, 9.17) is 14.8 Å². The summed E-state index contributed by atoms with van der Waals surface area (Å²) in [6.45, 7) is 8.41. The molecule has 0 saturated heterocycles. The van der Waals surface area contributed by atoms with Crippen molar-refractivity contribution in [2.45, 2.75) is 53.4 Å². The lowest BCUT2D eigenvalue weighted by Gasteiger charge is -2.05. The molecule has 0 N–H and O–H groups in total. The number of carbonyl (C=O) groups excluding carboxylic acids is 2. The summed E-state index contributed by atoms with van der Waals surface area (Å²) in [5, 5.41) is 4.71. The van der Waals surface area contributed by atoms with Crippen LogP contribution in [0, 0.1) is 0 Å². The molecule has 25 heavy (non-hydrogen) atoms. The molecule has 0 saturated carbocycles. The molecule has 0 rings (SSSR count). The van der Waals surface area contributed by atoms with E-state index in [9.17, 15) is 9.59 Å². The number of aldehydes is 2. The number of carbonyl (C=O) groups is 2. The fraction of sp³-hybridized carbons (Fsp3) is 0.500. The number of hydrogen-bond acceptors (Lipinski definition) is 5. The van der Waals surface area contributed by atoms with Crippen LogP contribution >= 0.6 is 0 Å². The zero-order chi connectivity index (χ0) is 18.9. The monoisotopic (exact) mass is 350 g/mol. The lowest BCUT2D eigenvalue weighted by atomic mass is 10.1. The molecule has 0 amide bonds. The lowest BCUT2D eigenvalue weighted by Crippen LogP contribution is -2.02. The first-order chi connectivity index (χ1) is 12.0. The van der Waals surface area contributed by atoms with Gasteiger partial charge in [0.05, 0.1) is 0 Å². The smallest absolute Gasteiger partial charge is 0.142 e. The summed E-state index contributed by atoms with van der Waals surface area (Å²) in [6.07, 6.45) is 12.3. The molecule has 0 radical (unpaired) electrons. The van der Waals surface area contributed by atoms with E-state index in [0.717, 1.165) is 60.5 Å². The minimum atomic E-state index is 0.328. The van der Waals surface area contributed by atoms with Crippen LogP contribution in [0.15, 0.2) is 46.6 Å². The SMILES string of the molecule is CC(=CCC/C(C)=C\C=O)COOOCC(C)=CCC/C(C)=C\C=O. The summed E-state index contributed by atoms with van der Waals surface area (Å²) in [5.74, 6) is 0. The third kappa shape index (κ3) is 15.4. The van der Waals surface area contributed by atoms with Gasteiger partial charge in [0.25, 0.3) is 0 Å². The van der Waals surface area contributed by atoms with E-state index in [-0.39, 0.29) is 0 Å². The number of allylic oxidation sites excluding steroid dienone is 6. The van der Waals surface area contributed by atoms with Crippen molar-refractivity contribution in [3.8, 4) is 0 Å². The zero-order valence-electron chi connectivity index (χ0n) is 15.7. The highest BCUT2D eigenvalue weighted by atomic mass is 17.5. The molecule has 140 valence electrons. The van der Waals surface area contributed by atoms with Crippen molar-refractivity contribution in [3.05, 3.63) is 46.6 Å². The van der Waals surface area contributed by atoms with Crippen molar-refractivity contribution in [3.63, 3.8) is 0 Å². The van der Waals surface area contributed by atoms with Crippen LogP contribution in [0.2, 0.25) is 0 Å². The van der Waals surface area contributed by atoms with Gasteiger partial charge in [-0.05, 0) is 76.7 Å². The molecule has 0 unspecified atom stereocenters. The molecule has 0 fully saturated rings. The average Bonchev–Trinajstić information content (AvgIpc) is 2.55. The molecule has 5 nitrogen and oxygen atoms in total. The highest BCUT2D eigenvalue weighted by Gasteiger charge is 1.96. The van der Waals surface area contributed by atoms with E-state index in [1.54, 1.807) is 12.2 Å². The molecule has 0 heterocycles. The first kappa shape index (κ1) is 23.2. The van der Waals surface area contributed by atoms with Gasteiger partial charge in [0, 0.05) is 0 Å². The van der Waals surface area contributed by atoms with E-state index in [2.05, 4.69) is 0 Å². The Bertz CT molecular complexity index is 466. The minimum absolute atomic E-state index is 0.328. The predicted octanol–water partition coefficient (Wildman–Crippen LogP) is 4.61. The second-order valence-electron chi connectivity index (χ2n) is 6.07. The van der Waals surface area contributed by atoms with Gasteiger partial charge in [0.15, 0.2) is 0 Å². The van der Waals surface area contributed by atoms with Crippen molar-refractivity contribution in [1.82, 2.24) is 0 Å². The van der Waals surface area contributed by atoms with Crippen LogP contribution < -0.4 is 0 Å². The van der Waals surface area contributed by atoms with Crippen molar-refractivity contribution in [1.29, 1.82) is 0 Å². The molecule has 0 aromatic carbocycles. The third-order valence-corrected chi connectivity index (χ3v) is 3.44. The average molecular weight is 350 g/mol. The molecular weight excluding hydrogens is 320 g/mol. The highest BCUT2D eigenvalue weighted by Crippen LogP contribution is 2.08. The van der Waals surface area contributed by atoms with Crippen LogP contribution in [0.1, 0.15) is 53.4 Å². The minimum Gasteiger partial charge on any atom is -0.299 e. The molecule has 0 aromatic heterocycles. The van der Waals surface area contributed by atoms with E-state index in [0.29, 0.717) is 13.2 Å². The Kier molecular flexibility index (Phi) is 14.6. The summed E-state index contributed by atoms with van der Waals surface area (Å²) >= 11 is 0. The molecule has 0 aromatic rings. The maximum absolute atomic E-state index is 10.3. The topological polar surface area (TPSA) is 61.8 Å². The van der Waals surface area contributed by atoms with E-state index in [1.807, 2.05) is 39.8 Å². The first-order valence-electron chi connectivity index (χ1n) is 8.43. The third-order valence-electron chi connectivity index (χ3n) is 3.44. The lowest BCUT2D eigenvalue weighted by molar-refractivity contribution is -0.506. The molecule has 0 atom stereocenters. The van der Waals surface area contributed by atoms with Gasteiger partial charge < -0.3 is 0 Å². The van der Waals surface area contributed by atoms with Gasteiger partial charge in [-0.1, -0.05) is 28.3 Å². The van der Waals surface area contributed by atoms with E-state index < -0.39 is 0 Å². The molecule has 0 aliphatic carbocycles. The Labute approximate surface area is 150 Å². The van der Waals surface area contributed by atoms with Gasteiger partial charge in [-0.15, -0.1) is 0 Å². The van der Waals surface area contributed by atoms with Gasteiger partial charge >= 0.3 is 0 Å². The Morgan fingerprint density at radius 2 is 1.08 bits per heavy atom. The molecule has 5 heteroatoms. The van der Waals surface area contributed by atoms with Crippen molar-refractivity contribution >= 4 is 12.6 Å². The molecule has 0 aliphatic heterocycles. The fourth-order valence-corrected chi connectivity index (χ4v) is 1.88. The van der Waals surface area contributed by atoms with Gasteiger partial charge in [0.2, 0.25) is 0 Å². The van der Waals surface area contributed by atoms with Crippen LogP contribution in [0.3, 0.4) is 0 Å². The summed E-state index contributed by atoms with van der Waals surface area (Å²) in [7, 11) is 0. The first-order valence-corrected chi connectivity index (χ1v) is 8.43. The maximum atomic E-state index is 10.3. The van der Waals surface area contributed by atoms with Crippen molar-refractivity contribution in [2.24, 2.45) is 0 Å². The second kappa shape index (κ2) is 15.7. The quantitative estimate of drug-likeness (QED) is 0.114. The van der Waals surface area contributed by atoms with Crippen molar-refractivity contribution in [2.75, 3.05) is 13.2 Å². The largest absolute Gasteiger partial charge is 0.299 e. The molecule has 0 aliphatic rings. The summed E-state index contributed by atoms with van der Waals surface area (Å²) in [6, 6.07) is 0. The number of rotatable bonds is 14. The molecule has 0 bridgehead atoms. The number of hydrogen-bond donors (Lipinski definition) is 0. The zero-order valence-corrected chi connectivity index (χ0v) is 15.7. The molecule has 0 spiro atoms. The van der Waals surface area contributed by atoms with Crippen LogP contribution in [0.5, 0.6) is 0 Å². The van der Waals surface area contributed by atoms with Crippen LogP contribution in [-0.2, 0) is 24.4 Å².